The summed E-state index contributed by atoms with van der Waals surface area (Å²) in [5.41, 5.74) is 1.31. The van der Waals surface area contributed by atoms with E-state index in [9.17, 15) is 9.90 Å². The fourth-order valence-electron chi connectivity index (χ4n) is 9.16. The molecule has 8 atom stereocenters. The van der Waals surface area contributed by atoms with Crippen LogP contribution in [0.2, 0.25) is 0 Å². The number of Topliss-reactive ketones (excluding diaryl/α,β-unsaturated/α-hetero) is 1. The molecule has 4 aliphatic carbocycles. The molecule has 0 aromatic carbocycles. The largest absolute Gasteiger partial charge is 0.390 e. The van der Waals surface area contributed by atoms with Crippen molar-refractivity contribution in [1.29, 1.82) is 0 Å². The summed E-state index contributed by atoms with van der Waals surface area (Å²) >= 11 is 0. The first-order valence-corrected chi connectivity index (χ1v) is 13.7. The summed E-state index contributed by atoms with van der Waals surface area (Å²) in [6.45, 7) is 7.12. The Balaban J connectivity index is 1.18. The van der Waals surface area contributed by atoms with Crippen LogP contribution in [0.15, 0.2) is 18.5 Å². The van der Waals surface area contributed by atoms with Gasteiger partial charge in [0, 0.05) is 12.1 Å². The van der Waals surface area contributed by atoms with Gasteiger partial charge in [-0.2, -0.15) is 0 Å². The van der Waals surface area contributed by atoms with Crippen molar-refractivity contribution in [2.24, 2.45) is 46.8 Å². The van der Waals surface area contributed by atoms with Crippen molar-refractivity contribution in [3.63, 3.8) is 0 Å². The second kappa shape index (κ2) is 8.11. The molecule has 0 saturated heterocycles. The molecule has 1 N–H and O–H groups in total. The van der Waals surface area contributed by atoms with E-state index in [-0.39, 0.29) is 11.3 Å². The van der Waals surface area contributed by atoms with Gasteiger partial charge in [0.25, 0.3) is 0 Å². The number of nitrogens with zero attached hydrogens (tertiary/aromatic N) is 4. The van der Waals surface area contributed by atoms with Crippen LogP contribution in [0.1, 0.15) is 78.6 Å². The summed E-state index contributed by atoms with van der Waals surface area (Å²) < 4.78 is 1.77. The Bertz CT molecular complexity index is 1080. The molecule has 4 saturated carbocycles. The SMILES string of the molecule is CC(C)[C@@]1(O)CC[C@H]2[C@@H](CC[C@@H]3[C@@H]2CC[C@]2(C)[C@@H](C(=O)Cn4nnc5cnccc54)CC[C@@H]32)C1. The molecule has 2 aromatic heterocycles. The summed E-state index contributed by atoms with van der Waals surface area (Å²) in [5, 5.41) is 19.6. The lowest BCUT2D eigenvalue weighted by molar-refractivity contribution is -0.136. The highest BCUT2D eigenvalue weighted by molar-refractivity contribution is 5.84. The molecular formula is C28H40N4O2. The van der Waals surface area contributed by atoms with Crippen LogP contribution in [0.3, 0.4) is 0 Å². The molecule has 0 radical (unpaired) electrons. The second-order valence-electron chi connectivity index (χ2n) is 12.7. The smallest absolute Gasteiger partial charge is 0.157 e. The number of carbonyl (C=O) groups is 1. The molecule has 6 heteroatoms. The number of hydrogen-bond acceptors (Lipinski definition) is 5. The molecule has 4 aliphatic rings. The van der Waals surface area contributed by atoms with Crippen molar-refractivity contribution in [2.75, 3.05) is 0 Å². The number of pyridine rings is 1. The number of hydrogen-bond donors (Lipinski definition) is 1. The molecule has 184 valence electrons. The minimum atomic E-state index is -0.455. The Morgan fingerprint density at radius 2 is 1.94 bits per heavy atom. The van der Waals surface area contributed by atoms with Gasteiger partial charge < -0.3 is 5.11 Å². The van der Waals surface area contributed by atoms with Crippen LogP contribution in [-0.2, 0) is 11.3 Å². The van der Waals surface area contributed by atoms with E-state index < -0.39 is 5.60 Å². The van der Waals surface area contributed by atoms with Crippen LogP contribution < -0.4 is 0 Å². The Kier molecular flexibility index (Phi) is 5.40. The van der Waals surface area contributed by atoms with Gasteiger partial charge >= 0.3 is 0 Å². The Labute approximate surface area is 202 Å². The van der Waals surface area contributed by atoms with Crippen molar-refractivity contribution >= 4 is 16.8 Å². The summed E-state index contributed by atoms with van der Waals surface area (Å²) in [6.07, 6.45) is 13.8. The lowest BCUT2D eigenvalue weighted by Gasteiger charge is -2.57. The van der Waals surface area contributed by atoms with E-state index >= 15 is 0 Å². The fraction of sp³-hybridized carbons (Fsp3) is 0.786. The van der Waals surface area contributed by atoms with Crippen LogP contribution >= 0.6 is 0 Å². The van der Waals surface area contributed by atoms with Gasteiger partial charge in [0.15, 0.2) is 5.78 Å². The van der Waals surface area contributed by atoms with Crippen LogP contribution in [0, 0.1) is 46.8 Å². The quantitative estimate of drug-likeness (QED) is 0.685. The van der Waals surface area contributed by atoms with Crippen LogP contribution in [0.4, 0.5) is 0 Å². The van der Waals surface area contributed by atoms with Crippen molar-refractivity contribution < 1.29 is 9.90 Å². The van der Waals surface area contributed by atoms with Gasteiger partial charge in [-0.25, -0.2) is 4.68 Å². The maximum atomic E-state index is 13.6. The van der Waals surface area contributed by atoms with Crippen LogP contribution in [0.25, 0.3) is 11.0 Å². The van der Waals surface area contributed by atoms with Gasteiger partial charge in [-0.05, 0) is 105 Å². The van der Waals surface area contributed by atoms with Crippen LogP contribution in [-0.4, -0.2) is 36.5 Å². The average Bonchev–Trinajstić information content (AvgIpc) is 3.39. The van der Waals surface area contributed by atoms with E-state index in [1.54, 1.807) is 17.1 Å². The third kappa shape index (κ3) is 3.38. The Hall–Kier alpha value is -1.82. The zero-order valence-electron chi connectivity index (χ0n) is 21.0. The van der Waals surface area contributed by atoms with Crippen molar-refractivity contribution in [3.05, 3.63) is 18.5 Å². The van der Waals surface area contributed by atoms with Crippen molar-refractivity contribution in [3.8, 4) is 0 Å². The highest BCUT2D eigenvalue weighted by Crippen LogP contribution is 2.65. The van der Waals surface area contributed by atoms with E-state index in [0.29, 0.717) is 30.1 Å². The Morgan fingerprint density at radius 1 is 1.12 bits per heavy atom. The molecule has 0 bridgehead atoms. The van der Waals surface area contributed by atoms with E-state index in [0.717, 1.165) is 48.0 Å². The number of carbonyl (C=O) groups excluding carboxylic acids is 1. The third-order valence-electron chi connectivity index (χ3n) is 11.1. The predicted octanol–water partition coefficient (Wildman–Crippen LogP) is 5.05. The van der Waals surface area contributed by atoms with E-state index in [2.05, 4.69) is 36.1 Å². The molecule has 34 heavy (non-hydrogen) atoms. The minimum Gasteiger partial charge on any atom is -0.390 e. The molecule has 0 unspecified atom stereocenters. The van der Waals surface area contributed by atoms with Crippen molar-refractivity contribution in [1.82, 2.24) is 20.0 Å². The summed E-state index contributed by atoms with van der Waals surface area (Å²) in [4.78, 5) is 17.7. The third-order valence-corrected chi connectivity index (χ3v) is 11.1. The van der Waals surface area contributed by atoms with E-state index in [1.165, 1.54) is 38.5 Å². The van der Waals surface area contributed by atoms with Crippen LogP contribution in [0.5, 0.6) is 0 Å². The number of ketones is 1. The standard InChI is InChI=1S/C28H40N4O2/c1-17(2)28(34)12-9-19-18(14-28)4-5-21-20(19)8-11-27(3)22(21)6-7-23(27)26(33)16-32-25-10-13-29-15-24(25)30-31-32/h10,13,15,17-23,34H,4-9,11-12,14,16H2,1-3H3/t18-,19-,20+,21+,22-,23+,27-,28+/m0/s1. The first kappa shape index (κ1) is 22.6. The molecule has 2 heterocycles. The number of rotatable bonds is 4. The number of aliphatic hydroxyl groups is 1. The maximum absolute atomic E-state index is 13.6. The van der Waals surface area contributed by atoms with Gasteiger partial charge in [0.05, 0.1) is 17.3 Å². The van der Waals surface area contributed by atoms with Gasteiger partial charge in [-0.1, -0.05) is 26.0 Å². The van der Waals surface area contributed by atoms with Gasteiger partial charge in [-0.15, -0.1) is 5.10 Å². The molecular weight excluding hydrogens is 424 g/mol. The Morgan fingerprint density at radius 3 is 2.76 bits per heavy atom. The molecule has 6 nitrogen and oxygen atoms in total. The van der Waals surface area contributed by atoms with Crippen molar-refractivity contribution in [2.45, 2.75) is 90.7 Å². The van der Waals surface area contributed by atoms with E-state index in [4.69, 9.17) is 0 Å². The molecule has 0 spiro atoms. The maximum Gasteiger partial charge on any atom is 0.157 e. The summed E-state index contributed by atoms with van der Waals surface area (Å²) in [6, 6.07) is 1.90. The highest BCUT2D eigenvalue weighted by atomic mass is 16.3. The van der Waals surface area contributed by atoms with Gasteiger partial charge in [0.1, 0.15) is 12.1 Å². The summed E-state index contributed by atoms with van der Waals surface area (Å²) in [7, 11) is 0. The topological polar surface area (TPSA) is 80.9 Å². The number of fused-ring (bicyclic) bond motifs is 6. The van der Waals surface area contributed by atoms with Gasteiger partial charge in [-0.3, -0.25) is 9.78 Å². The normalized spacial score (nSPS) is 41.8. The molecule has 0 aliphatic heterocycles. The predicted molar refractivity (Wildman–Crippen MR) is 131 cm³/mol. The van der Waals surface area contributed by atoms with E-state index in [1.807, 2.05) is 6.07 Å². The lowest BCUT2D eigenvalue weighted by Crippen LogP contribution is -2.52. The lowest BCUT2D eigenvalue weighted by atomic mass is 9.48. The first-order chi connectivity index (χ1) is 16.3. The average molecular weight is 465 g/mol. The monoisotopic (exact) mass is 464 g/mol. The van der Waals surface area contributed by atoms with Gasteiger partial charge in [0.2, 0.25) is 0 Å². The highest BCUT2D eigenvalue weighted by Gasteiger charge is 2.59. The zero-order chi connectivity index (χ0) is 23.7. The zero-order valence-corrected chi connectivity index (χ0v) is 21.0. The molecule has 0 amide bonds. The molecule has 4 fully saturated rings. The summed E-state index contributed by atoms with van der Waals surface area (Å²) in [5.74, 6) is 4.53. The second-order valence-corrected chi connectivity index (χ2v) is 12.7. The number of aromatic nitrogens is 4. The molecule has 6 rings (SSSR count). The first-order valence-electron chi connectivity index (χ1n) is 13.7. The minimum absolute atomic E-state index is 0.121. The fourth-order valence-corrected chi connectivity index (χ4v) is 9.16. The molecule has 2 aromatic rings.